The molecule has 170 valence electrons. The number of aliphatic hydroxyl groups excluding tert-OH is 4. The van der Waals surface area contributed by atoms with Crippen molar-refractivity contribution >= 4 is 11.0 Å². The van der Waals surface area contributed by atoms with E-state index in [-0.39, 0.29) is 11.5 Å². The summed E-state index contributed by atoms with van der Waals surface area (Å²) in [7, 11) is 0. The van der Waals surface area contributed by atoms with E-state index < -0.39 is 76.3 Å². The number of hydrogen-bond donors (Lipinski definition) is 8. The van der Waals surface area contributed by atoms with Crippen molar-refractivity contribution in [2.75, 3.05) is 6.61 Å². The Morgan fingerprint density at radius 3 is 2.12 bits per heavy atom. The molecule has 3 aromatic rings. The molecular formula is C21H20O11. The predicted octanol–water partition coefficient (Wildman–Crippen LogP) is -0.203. The van der Waals surface area contributed by atoms with Crippen LogP contribution in [0.5, 0.6) is 23.0 Å². The zero-order chi connectivity index (χ0) is 23.3. The van der Waals surface area contributed by atoms with E-state index in [4.69, 9.17) is 9.15 Å². The third-order valence-corrected chi connectivity index (χ3v) is 5.46. The van der Waals surface area contributed by atoms with Gasteiger partial charge in [-0.15, -0.1) is 0 Å². The van der Waals surface area contributed by atoms with Crippen LogP contribution in [0.25, 0.3) is 22.3 Å². The van der Waals surface area contributed by atoms with Crippen molar-refractivity contribution in [3.8, 4) is 34.3 Å². The highest BCUT2D eigenvalue weighted by Crippen LogP contribution is 2.49. The first-order chi connectivity index (χ1) is 15.1. The van der Waals surface area contributed by atoms with E-state index in [9.17, 15) is 45.6 Å². The number of rotatable bonds is 3. The van der Waals surface area contributed by atoms with Gasteiger partial charge in [0.05, 0.1) is 12.2 Å². The minimum Gasteiger partial charge on any atom is -0.508 e. The fourth-order valence-corrected chi connectivity index (χ4v) is 3.75. The maximum atomic E-state index is 12.8. The van der Waals surface area contributed by atoms with Gasteiger partial charge in [0.2, 0.25) is 5.75 Å². The highest BCUT2D eigenvalue weighted by molar-refractivity contribution is 5.92. The van der Waals surface area contributed by atoms with E-state index in [0.717, 1.165) is 6.07 Å². The zero-order valence-corrected chi connectivity index (χ0v) is 16.3. The third-order valence-electron chi connectivity index (χ3n) is 5.46. The fourth-order valence-electron chi connectivity index (χ4n) is 3.75. The van der Waals surface area contributed by atoms with Gasteiger partial charge in [-0.3, -0.25) is 4.79 Å². The van der Waals surface area contributed by atoms with Gasteiger partial charge in [-0.1, -0.05) is 0 Å². The normalized spacial score (nSPS) is 25.8. The lowest BCUT2D eigenvalue weighted by Crippen LogP contribution is -2.55. The molecule has 0 radical (unpaired) electrons. The Morgan fingerprint density at radius 2 is 1.50 bits per heavy atom. The van der Waals surface area contributed by atoms with Gasteiger partial charge in [-0.2, -0.15) is 0 Å². The van der Waals surface area contributed by atoms with E-state index in [1.807, 2.05) is 0 Å². The summed E-state index contributed by atoms with van der Waals surface area (Å²) >= 11 is 0. The minimum atomic E-state index is -1.87. The second kappa shape index (κ2) is 7.97. The first kappa shape index (κ1) is 21.9. The molecule has 5 atom stereocenters. The summed E-state index contributed by atoms with van der Waals surface area (Å²) in [5.41, 5.74) is -1.41. The van der Waals surface area contributed by atoms with Crippen LogP contribution in [-0.4, -0.2) is 71.9 Å². The maximum absolute atomic E-state index is 12.8. The molecule has 0 saturated carbocycles. The average Bonchev–Trinajstić information content (AvgIpc) is 2.77. The average molecular weight is 448 g/mol. The third kappa shape index (κ3) is 3.32. The van der Waals surface area contributed by atoms with Gasteiger partial charge in [0, 0.05) is 11.6 Å². The number of phenols is 4. The monoisotopic (exact) mass is 448 g/mol. The van der Waals surface area contributed by atoms with E-state index in [1.54, 1.807) is 0 Å². The van der Waals surface area contributed by atoms with Gasteiger partial charge in [-0.25, -0.2) is 0 Å². The number of aromatic hydroxyl groups is 4. The van der Waals surface area contributed by atoms with Crippen LogP contribution in [-0.2, 0) is 4.74 Å². The molecule has 0 bridgehead atoms. The Labute approximate surface area is 179 Å². The van der Waals surface area contributed by atoms with Crippen molar-refractivity contribution in [3.63, 3.8) is 0 Å². The summed E-state index contributed by atoms with van der Waals surface area (Å²) in [6.45, 7) is -0.757. The van der Waals surface area contributed by atoms with E-state index in [0.29, 0.717) is 5.56 Å². The van der Waals surface area contributed by atoms with Gasteiger partial charge < -0.3 is 50.0 Å². The topological polar surface area (TPSA) is 201 Å². The first-order valence-corrected chi connectivity index (χ1v) is 9.50. The molecular weight excluding hydrogens is 428 g/mol. The quantitative estimate of drug-likeness (QED) is 0.247. The molecule has 2 heterocycles. The van der Waals surface area contributed by atoms with Crippen LogP contribution >= 0.6 is 0 Å². The van der Waals surface area contributed by atoms with Crippen molar-refractivity contribution in [1.29, 1.82) is 0 Å². The Morgan fingerprint density at radius 1 is 0.844 bits per heavy atom. The molecule has 32 heavy (non-hydrogen) atoms. The van der Waals surface area contributed by atoms with E-state index in [1.165, 1.54) is 24.3 Å². The summed E-state index contributed by atoms with van der Waals surface area (Å²) in [6.07, 6.45) is -8.39. The van der Waals surface area contributed by atoms with Crippen LogP contribution in [0.3, 0.4) is 0 Å². The number of benzene rings is 2. The largest absolute Gasteiger partial charge is 0.508 e. The van der Waals surface area contributed by atoms with Crippen molar-refractivity contribution in [2.24, 2.45) is 0 Å². The molecule has 5 unspecified atom stereocenters. The molecule has 4 rings (SSSR count). The molecule has 0 spiro atoms. The molecule has 11 heteroatoms. The Hall–Kier alpha value is -3.35. The Balaban J connectivity index is 2.01. The van der Waals surface area contributed by atoms with Crippen molar-refractivity contribution in [2.45, 2.75) is 30.5 Å². The molecule has 1 aromatic heterocycles. The van der Waals surface area contributed by atoms with E-state index >= 15 is 0 Å². The summed E-state index contributed by atoms with van der Waals surface area (Å²) in [6, 6.07) is 6.57. The fraction of sp³-hybridized carbons (Fsp3) is 0.286. The van der Waals surface area contributed by atoms with Crippen molar-refractivity contribution < 1.29 is 50.0 Å². The molecule has 8 N–H and O–H groups in total. The summed E-state index contributed by atoms with van der Waals surface area (Å²) in [4.78, 5) is 12.8. The predicted molar refractivity (Wildman–Crippen MR) is 107 cm³/mol. The molecule has 1 aliphatic heterocycles. The van der Waals surface area contributed by atoms with Crippen LogP contribution < -0.4 is 5.43 Å². The van der Waals surface area contributed by atoms with Crippen molar-refractivity contribution in [1.82, 2.24) is 0 Å². The maximum Gasteiger partial charge on any atom is 0.201 e. The smallest absolute Gasteiger partial charge is 0.201 e. The zero-order valence-electron chi connectivity index (χ0n) is 16.3. The highest BCUT2D eigenvalue weighted by atomic mass is 16.5. The number of ether oxygens (including phenoxy) is 1. The van der Waals surface area contributed by atoms with E-state index in [2.05, 4.69) is 0 Å². The number of aliphatic hydroxyl groups is 4. The number of hydrogen-bond acceptors (Lipinski definition) is 11. The summed E-state index contributed by atoms with van der Waals surface area (Å²) in [5.74, 6) is -3.15. The van der Waals surface area contributed by atoms with Gasteiger partial charge in [0.25, 0.3) is 0 Å². The van der Waals surface area contributed by atoms with Gasteiger partial charge in [-0.05, 0) is 24.3 Å². The minimum absolute atomic E-state index is 0.0425. The van der Waals surface area contributed by atoms with Crippen LogP contribution in [0.15, 0.2) is 39.5 Å². The molecule has 1 fully saturated rings. The van der Waals surface area contributed by atoms with Gasteiger partial charge in [0.1, 0.15) is 47.4 Å². The molecule has 2 aromatic carbocycles. The van der Waals surface area contributed by atoms with Crippen LogP contribution in [0.2, 0.25) is 0 Å². The molecule has 0 amide bonds. The Bertz CT molecular complexity index is 1220. The lowest BCUT2D eigenvalue weighted by Gasteiger charge is -2.40. The highest BCUT2D eigenvalue weighted by Gasteiger charge is 2.46. The first-order valence-electron chi connectivity index (χ1n) is 9.50. The second-order valence-corrected chi connectivity index (χ2v) is 7.43. The molecule has 1 saturated heterocycles. The molecule has 11 nitrogen and oxygen atoms in total. The standard InChI is InChI=1S/C21H20O11/c22-6-11-14(25)17(28)19(30)21(32-11)13-16(27)18(29)15(26)12-9(24)5-10(31-20(12)13)7-1-3-8(23)4-2-7/h1-5,11,14,17,19,21-23,25-30H,6H2. The van der Waals surface area contributed by atoms with Crippen molar-refractivity contribution in [3.05, 3.63) is 46.1 Å². The number of phenolic OH excluding ortho intramolecular Hbond substituents is 4. The van der Waals surface area contributed by atoms with Crippen LogP contribution in [0.4, 0.5) is 0 Å². The van der Waals surface area contributed by atoms with Crippen LogP contribution in [0.1, 0.15) is 11.7 Å². The lowest BCUT2D eigenvalue weighted by atomic mass is 9.89. The summed E-state index contributed by atoms with van der Waals surface area (Å²) in [5, 5.41) is 80.0. The van der Waals surface area contributed by atoms with Gasteiger partial charge in [0.15, 0.2) is 22.5 Å². The van der Waals surface area contributed by atoms with Gasteiger partial charge >= 0.3 is 0 Å². The lowest BCUT2D eigenvalue weighted by molar-refractivity contribution is -0.231. The Kier molecular flexibility index (Phi) is 5.44. The number of fused-ring (bicyclic) bond motifs is 1. The van der Waals surface area contributed by atoms with Crippen LogP contribution in [0, 0.1) is 0 Å². The molecule has 1 aliphatic rings. The second-order valence-electron chi connectivity index (χ2n) is 7.43. The molecule has 0 aliphatic carbocycles. The summed E-state index contributed by atoms with van der Waals surface area (Å²) < 4.78 is 11.2. The SMILES string of the molecule is O=c1cc(-c2ccc(O)cc2)oc2c(C3OC(CO)C(O)C(O)C3O)c(O)c(O)c(O)c12.